The third-order valence-corrected chi connectivity index (χ3v) is 2.54. The molecule has 0 bridgehead atoms. The Morgan fingerprint density at radius 3 is 2.25 bits per heavy atom. The van der Waals surface area contributed by atoms with Gasteiger partial charge in [-0.2, -0.15) is 0 Å². The second-order valence-electron chi connectivity index (χ2n) is 5.87. The first-order valence-electron chi connectivity index (χ1n) is 6.10. The number of nitrogens with one attached hydrogen (secondary N) is 1. The number of aliphatic hydroxyl groups excluding tert-OH is 1. The summed E-state index contributed by atoms with van der Waals surface area (Å²) in [4.78, 5) is 2.25. The van der Waals surface area contributed by atoms with Gasteiger partial charge >= 0.3 is 0 Å². The molecule has 0 aromatic carbocycles. The highest BCUT2D eigenvalue weighted by Crippen LogP contribution is 2.12. The number of aliphatic hydroxyl groups is 1. The Hall–Kier alpha value is -0.160. The molecule has 1 rings (SSSR count). The van der Waals surface area contributed by atoms with Gasteiger partial charge in [-0.3, -0.25) is 4.90 Å². The van der Waals surface area contributed by atoms with E-state index in [0.717, 1.165) is 13.1 Å². The molecule has 96 valence electrons. The molecule has 3 atom stereocenters. The number of hydrogen-bond donors (Lipinski definition) is 2. The van der Waals surface area contributed by atoms with Gasteiger partial charge in [0.15, 0.2) is 6.29 Å². The summed E-state index contributed by atoms with van der Waals surface area (Å²) in [6.07, 6.45) is -0.697. The van der Waals surface area contributed by atoms with Crippen molar-refractivity contribution in [3.8, 4) is 0 Å². The summed E-state index contributed by atoms with van der Waals surface area (Å²) < 4.78 is 5.50. The van der Waals surface area contributed by atoms with Gasteiger partial charge in [0.05, 0.1) is 5.60 Å². The smallest absolute Gasteiger partial charge is 0.167 e. The summed E-state index contributed by atoms with van der Waals surface area (Å²) >= 11 is 0. The van der Waals surface area contributed by atoms with Crippen molar-refractivity contribution in [1.29, 1.82) is 0 Å². The van der Waals surface area contributed by atoms with Gasteiger partial charge in [-0.05, 0) is 34.6 Å². The second-order valence-corrected chi connectivity index (χ2v) is 5.87. The molecule has 0 aromatic rings. The van der Waals surface area contributed by atoms with Crippen molar-refractivity contribution in [1.82, 2.24) is 10.2 Å². The molecule has 4 heteroatoms. The second kappa shape index (κ2) is 5.45. The largest absolute Gasteiger partial charge is 0.367 e. The van der Waals surface area contributed by atoms with E-state index in [2.05, 4.69) is 24.1 Å². The monoisotopic (exact) mass is 230 g/mol. The van der Waals surface area contributed by atoms with Gasteiger partial charge in [-0.1, -0.05) is 0 Å². The number of hydrogen-bond acceptors (Lipinski definition) is 4. The van der Waals surface area contributed by atoms with Crippen LogP contribution in [-0.2, 0) is 4.74 Å². The Labute approximate surface area is 99.0 Å². The third kappa shape index (κ3) is 5.25. The van der Waals surface area contributed by atoms with Crippen LogP contribution in [0.25, 0.3) is 0 Å². The first-order valence-corrected chi connectivity index (χ1v) is 6.10. The molecule has 2 N–H and O–H groups in total. The van der Waals surface area contributed by atoms with Crippen LogP contribution in [0.15, 0.2) is 0 Å². The zero-order valence-electron chi connectivity index (χ0n) is 11.2. The molecule has 1 saturated heterocycles. The number of β-amino-alcohol motifs (C(OH)–C–C–N with tert-alkyl or cyclic N) is 1. The highest BCUT2D eigenvalue weighted by molar-refractivity contribution is 4.81. The normalized spacial score (nSPS) is 30.4. The Balaban J connectivity index is 2.35. The van der Waals surface area contributed by atoms with Crippen LogP contribution < -0.4 is 5.32 Å². The van der Waals surface area contributed by atoms with E-state index >= 15 is 0 Å². The minimum Gasteiger partial charge on any atom is -0.367 e. The summed E-state index contributed by atoms with van der Waals surface area (Å²) in [5, 5.41) is 13.3. The van der Waals surface area contributed by atoms with E-state index in [1.807, 2.05) is 20.8 Å². The molecule has 4 nitrogen and oxygen atoms in total. The van der Waals surface area contributed by atoms with Crippen molar-refractivity contribution in [3.63, 3.8) is 0 Å². The van der Waals surface area contributed by atoms with Gasteiger partial charge in [-0.25, -0.2) is 0 Å². The minimum atomic E-state index is -0.697. The zero-order valence-corrected chi connectivity index (χ0v) is 11.2. The Bertz CT molecular complexity index is 206. The fourth-order valence-electron chi connectivity index (χ4n) is 2.26. The summed E-state index contributed by atoms with van der Waals surface area (Å²) in [7, 11) is 0. The molecule has 0 saturated carbocycles. The van der Waals surface area contributed by atoms with Crippen LogP contribution in [-0.4, -0.2) is 53.6 Å². The number of ether oxygens (including phenoxy) is 1. The fourth-order valence-corrected chi connectivity index (χ4v) is 2.26. The average molecular weight is 230 g/mol. The van der Waals surface area contributed by atoms with Gasteiger partial charge in [0.1, 0.15) is 0 Å². The quantitative estimate of drug-likeness (QED) is 0.704. The van der Waals surface area contributed by atoms with E-state index in [9.17, 15) is 5.11 Å². The van der Waals surface area contributed by atoms with Crippen molar-refractivity contribution in [2.24, 2.45) is 0 Å². The maximum atomic E-state index is 9.83. The predicted molar refractivity (Wildman–Crippen MR) is 65.3 cm³/mol. The fraction of sp³-hybridized carbons (Fsp3) is 1.00. The first-order chi connectivity index (χ1) is 7.26. The van der Waals surface area contributed by atoms with E-state index < -0.39 is 6.29 Å². The molecule has 1 aliphatic heterocycles. The molecule has 0 amide bonds. The molecular weight excluding hydrogens is 204 g/mol. The van der Waals surface area contributed by atoms with E-state index in [4.69, 9.17) is 4.74 Å². The molecule has 0 radical (unpaired) electrons. The van der Waals surface area contributed by atoms with Crippen LogP contribution in [0, 0.1) is 0 Å². The van der Waals surface area contributed by atoms with E-state index in [1.54, 1.807) is 0 Å². The average Bonchev–Trinajstić information content (AvgIpc) is 1.96. The number of nitrogens with zero attached hydrogens (tertiary/aromatic N) is 1. The highest BCUT2D eigenvalue weighted by Gasteiger charge is 2.24. The van der Waals surface area contributed by atoms with Crippen LogP contribution in [0.3, 0.4) is 0 Å². The lowest BCUT2D eigenvalue weighted by molar-refractivity contribution is -0.175. The van der Waals surface area contributed by atoms with Crippen LogP contribution in [0.1, 0.15) is 34.6 Å². The van der Waals surface area contributed by atoms with Gasteiger partial charge in [0.25, 0.3) is 0 Å². The van der Waals surface area contributed by atoms with Crippen molar-refractivity contribution < 1.29 is 9.84 Å². The minimum absolute atomic E-state index is 0.287. The van der Waals surface area contributed by atoms with Crippen molar-refractivity contribution >= 4 is 0 Å². The summed E-state index contributed by atoms with van der Waals surface area (Å²) in [5.41, 5.74) is -0.287. The van der Waals surface area contributed by atoms with Gasteiger partial charge in [0.2, 0.25) is 0 Å². The Morgan fingerprint density at radius 2 is 1.81 bits per heavy atom. The SMILES string of the molecule is CC1CN(CC(O)OC(C)(C)C)CC(C)N1. The molecule has 1 fully saturated rings. The van der Waals surface area contributed by atoms with Crippen molar-refractivity contribution in [2.75, 3.05) is 19.6 Å². The third-order valence-electron chi connectivity index (χ3n) is 2.54. The molecule has 0 spiro atoms. The van der Waals surface area contributed by atoms with E-state index in [0.29, 0.717) is 18.6 Å². The number of piperazine rings is 1. The summed E-state index contributed by atoms with van der Waals surface area (Å²) in [6, 6.07) is 0.955. The first kappa shape index (κ1) is 13.9. The van der Waals surface area contributed by atoms with E-state index in [-0.39, 0.29) is 5.60 Å². The lowest BCUT2D eigenvalue weighted by Crippen LogP contribution is -2.56. The molecule has 1 aliphatic rings. The lowest BCUT2D eigenvalue weighted by Gasteiger charge is -2.37. The molecule has 0 aliphatic carbocycles. The van der Waals surface area contributed by atoms with Gasteiger partial charge < -0.3 is 15.2 Å². The van der Waals surface area contributed by atoms with Crippen molar-refractivity contribution in [2.45, 2.75) is 58.6 Å². The summed E-state index contributed by atoms with van der Waals surface area (Å²) in [6.45, 7) is 12.7. The standard InChI is InChI=1S/C12H26N2O2/c1-9-6-14(7-10(2)13-9)8-11(15)16-12(3,4)5/h9-11,13,15H,6-8H2,1-5H3. The molecular formula is C12H26N2O2. The molecule has 1 heterocycles. The lowest BCUT2D eigenvalue weighted by atomic mass is 10.1. The van der Waals surface area contributed by atoms with Gasteiger partial charge in [0, 0.05) is 31.7 Å². The predicted octanol–water partition coefficient (Wildman–Crippen LogP) is 0.802. The topological polar surface area (TPSA) is 44.7 Å². The van der Waals surface area contributed by atoms with Crippen LogP contribution in [0.2, 0.25) is 0 Å². The van der Waals surface area contributed by atoms with Crippen molar-refractivity contribution in [3.05, 3.63) is 0 Å². The molecule has 16 heavy (non-hydrogen) atoms. The van der Waals surface area contributed by atoms with Crippen LogP contribution >= 0.6 is 0 Å². The Morgan fingerprint density at radius 1 is 1.31 bits per heavy atom. The highest BCUT2D eigenvalue weighted by atomic mass is 16.6. The van der Waals surface area contributed by atoms with E-state index in [1.165, 1.54) is 0 Å². The van der Waals surface area contributed by atoms with Gasteiger partial charge in [-0.15, -0.1) is 0 Å². The zero-order chi connectivity index (χ0) is 12.3. The molecule has 3 unspecified atom stereocenters. The maximum Gasteiger partial charge on any atom is 0.167 e. The summed E-state index contributed by atoms with van der Waals surface area (Å²) in [5.74, 6) is 0. The van der Waals surface area contributed by atoms with Crippen LogP contribution in [0.4, 0.5) is 0 Å². The number of rotatable bonds is 3. The Kier molecular flexibility index (Phi) is 4.73. The van der Waals surface area contributed by atoms with Crippen LogP contribution in [0.5, 0.6) is 0 Å². The molecule has 0 aromatic heterocycles. The maximum absolute atomic E-state index is 9.83.